The Morgan fingerprint density at radius 2 is 2.05 bits per heavy atom. The quantitative estimate of drug-likeness (QED) is 0.527. The molecule has 1 aromatic carbocycles. The van der Waals surface area contributed by atoms with E-state index in [0.29, 0.717) is 10.7 Å². The van der Waals surface area contributed by atoms with Crippen molar-refractivity contribution < 1.29 is 4.92 Å². The fourth-order valence-electron chi connectivity index (χ4n) is 1.51. The monoisotopic (exact) mass is 308 g/mol. The first-order valence-corrected chi connectivity index (χ1v) is 6.04. The van der Waals surface area contributed by atoms with Gasteiger partial charge in [-0.3, -0.25) is 10.1 Å². The minimum atomic E-state index is -0.595. The van der Waals surface area contributed by atoms with Crippen LogP contribution < -0.4 is 5.32 Å². The van der Waals surface area contributed by atoms with Crippen molar-refractivity contribution in [2.24, 2.45) is 0 Å². The molecule has 0 aliphatic carbocycles. The summed E-state index contributed by atoms with van der Waals surface area (Å²) in [6.45, 7) is 0. The molecule has 20 heavy (non-hydrogen) atoms. The third kappa shape index (κ3) is 2.96. The van der Waals surface area contributed by atoms with Crippen LogP contribution in [0.25, 0.3) is 0 Å². The van der Waals surface area contributed by atoms with E-state index in [1.54, 1.807) is 6.07 Å². The van der Waals surface area contributed by atoms with Gasteiger partial charge in [0.05, 0.1) is 16.2 Å². The molecule has 0 aliphatic rings. The van der Waals surface area contributed by atoms with E-state index in [-0.39, 0.29) is 22.2 Å². The van der Waals surface area contributed by atoms with E-state index in [1.165, 1.54) is 24.3 Å². The molecule has 6 nitrogen and oxygen atoms in total. The number of aromatic nitrogens is 1. The summed E-state index contributed by atoms with van der Waals surface area (Å²) >= 11 is 11.6. The van der Waals surface area contributed by atoms with Gasteiger partial charge in [-0.1, -0.05) is 23.2 Å². The average molecular weight is 309 g/mol. The van der Waals surface area contributed by atoms with Gasteiger partial charge in [-0.15, -0.1) is 0 Å². The number of nitriles is 1. The van der Waals surface area contributed by atoms with Crippen LogP contribution in [-0.4, -0.2) is 9.91 Å². The van der Waals surface area contributed by atoms with Gasteiger partial charge in [-0.2, -0.15) is 5.26 Å². The molecule has 1 N–H and O–H groups in total. The zero-order chi connectivity index (χ0) is 14.7. The highest BCUT2D eigenvalue weighted by Gasteiger charge is 2.17. The molecule has 2 rings (SSSR count). The molecule has 0 amide bonds. The van der Waals surface area contributed by atoms with Crippen molar-refractivity contribution in [3.8, 4) is 6.07 Å². The van der Waals surface area contributed by atoms with Gasteiger partial charge in [0.1, 0.15) is 11.2 Å². The second-order valence-electron chi connectivity index (χ2n) is 3.69. The fraction of sp³-hybridized carbons (Fsp3) is 0. The summed E-state index contributed by atoms with van der Waals surface area (Å²) in [5.41, 5.74) is 0.349. The molecule has 100 valence electrons. The molecule has 0 bridgehead atoms. The predicted molar refractivity (Wildman–Crippen MR) is 75.4 cm³/mol. The smallest absolute Gasteiger partial charge is 0.311 e. The first kappa shape index (κ1) is 14.1. The normalized spacial score (nSPS) is 9.85. The first-order valence-electron chi connectivity index (χ1n) is 5.29. The Bertz CT molecular complexity index is 728. The van der Waals surface area contributed by atoms with Gasteiger partial charge in [0.2, 0.25) is 5.82 Å². The molecule has 0 saturated carbocycles. The average Bonchev–Trinajstić information content (AvgIpc) is 2.38. The van der Waals surface area contributed by atoms with Crippen LogP contribution in [0.2, 0.25) is 10.2 Å². The Kier molecular flexibility index (Phi) is 4.03. The molecule has 2 aromatic rings. The zero-order valence-electron chi connectivity index (χ0n) is 9.80. The van der Waals surface area contributed by atoms with Crippen LogP contribution in [0, 0.1) is 21.4 Å². The van der Waals surface area contributed by atoms with Crippen molar-refractivity contribution in [2.75, 3.05) is 5.32 Å². The SMILES string of the molecule is N#Cc1ccc(Cl)cc1Nc1nc(Cl)ccc1[N+](=O)[O-]. The maximum atomic E-state index is 10.9. The maximum absolute atomic E-state index is 10.9. The van der Waals surface area contributed by atoms with Crippen LogP contribution in [0.15, 0.2) is 30.3 Å². The van der Waals surface area contributed by atoms with Crippen molar-refractivity contribution in [1.29, 1.82) is 5.26 Å². The Labute approximate surface area is 123 Å². The van der Waals surface area contributed by atoms with Crippen molar-refractivity contribution >= 4 is 40.4 Å². The highest BCUT2D eigenvalue weighted by atomic mass is 35.5. The molecule has 0 fully saturated rings. The van der Waals surface area contributed by atoms with Crippen LogP contribution in [0.3, 0.4) is 0 Å². The van der Waals surface area contributed by atoms with Crippen LogP contribution in [-0.2, 0) is 0 Å². The van der Waals surface area contributed by atoms with E-state index in [9.17, 15) is 10.1 Å². The second-order valence-corrected chi connectivity index (χ2v) is 4.51. The minimum Gasteiger partial charge on any atom is -0.333 e. The maximum Gasteiger partial charge on any atom is 0.311 e. The Balaban J connectivity index is 2.50. The predicted octanol–water partition coefficient (Wildman–Crippen LogP) is 3.91. The Hall–Kier alpha value is -2.36. The number of pyridine rings is 1. The highest BCUT2D eigenvalue weighted by molar-refractivity contribution is 6.31. The van der Waals surface area contributed by atoms with E-state index in [2.05, 4.69) is 10.3 Å². The topological polar surface area (TPSA) is 91.8 Å². The molecule has 0 atom stereocenters. The lowest BCUT2D eigenvalue weighted by atomic mass is 10.2. The van der Waals surface area contributed by atoms with Gasteiger partial charge < -0.3 is 5.32 Å². The third-order valence-electron chi connectivity index (χ3n) is 2.39. The van der Waals surface area contributed by atoms with Crippen LogP contribution in [0.1, 0.15) is 5.56 Å². The summed E-state index contributed by atoms with van der Waals surface area (Å²) in [6, 6.07) is 9.02. The summed E-state index contributed by atoms with van der Waals surface area (Å²) in [5.74, 6) is -0.0544. The lowest BCUT2D eigenvalue weighted by Gasteiger charge is -2.08. The van der Waals surface area contributed by atoms with E-state index >= 15 is 0 Å². The highest BCUT2D eigenvalue weighted by Crippen LogP contribution is 2.29. The molecular formula is C12H6Cl2N4O2. The minimum absolute atomic E-state index is 0.0544. The van der Waals surface area contributed by atoms with Crippen LogP contribution >= 0.6 is 23.2 Å². The van der Waals surface area contributed by atoms with Gasteiger partial charge >= 0.3 is 5.69 Å². The number of anilines is 2. The van der Waals surface area contributed by atoms with Crippen LogP contribution in [0.5, 0.6) is 0 Å². The van der Waals surface area contributed by atoms with Crippen molar-refractivity contribution in [2.45, 2.75) is 0 Å². The van der Waals surface area contributed by atoms with Gasteiger partial charge in [0.25, 0.3) is 0 Å². The van der Waals surface area contributed by atoms with E-state index < -0.39 is 4.92 Å². The number of nitrogens with zero attached hydrogens (tertiary/aromatic N) is 3. The summed E-state index contributed by atoms with van der Waals surface area (Å²) in [7, 11) is 0. The number of nitro groups is 1. The number of benzene rings is 1. The summed E-state index contributed by atoms with van der Waals surface area (Å²) in [6.07, 6.45) is 0. The summed E-state index contributed by atoms with van der Waals surface area (Å²) in [4.78, 5) is 14.2. The standard InChI is InChI=1S/C12H6Cl2N4O2/c13-8-2-1-7(6-15)9(5-8)16-12-10(18(19)20)3-4-11(14)17-12/h1-5H,(H,16,17). The van der Waals surface area contributed by atoms with E-state index in [1.807, 2.05) is 6.07 Å². The molecule has 1 heterocycles. The molecule has 0 unspecified atom stereocenters. The molecule has 0 aliphatic heterocycles. The van der Waals surface area contributed by atoms with Crippen molar-refractivity contribution in [3.63, 3.8) is 0 Å². The molecule has 0 spiro atoms. The number of halogens is 2. The van der Waals surface area contributed by atoms with Gasteiger partial charge in [-0.05, 0) is 24.3 Å². The fourth-order valence-corrected chi connectivity index (χ4v) is 1.83. The number of hydrogen-bond donors (Lipinski definition) is 1. The Morgan fingerprint density at radius 1 is 1.30 bits per heavy atom. The summed E-state index contributed by atoms with van der Waals surface area (Å²) < 4.78 is 0. The van der Waals surface area contributed by atoms with Gasteiger partial charge in [-0.25, -0.2) is 4.98 Å². The molecule has 1 aromatic heterocycles. The summed E-state index contributed by atoms with van der Waals surface area (Å²) in [5, 5.41) is 23.1. The molecule has 0 saturated heterocycles. The lowest BCUT2D eigenvalue weighted by Crippen LogP contribution is -2.01. The van der Waals surface area contributed by atoms with Gasteiger partial charge in [0, 0.05) is 11.1 Å². The molecule has 0 radical (unpaired) electrons. The molecular weight excluding hydrogens is 303 g/mol. The van der Waals surface area contributed by atoms with E-state index in [4.69, 9.17) is 28.5 Å². The second kappa shape index (κ2) is 5.74. The molecule has 8 heteroatoms. The Morgan fingerprint density at radius 3 is 2.70 bits per heavy atom. The van der Waals surface area contributed by atoms with Crippen molar-refractivity contribution in [1.82, 2.24) is 4.98 Å². The number of rotatable bonds is 3. The number of nitrogens with one attached hydrogen (secondary N) is 1. The first-order chi connectivity index (χ1) is 9.51. The van der Waals surface area contributed by atoms with E-state index in [0.717, 1.165) is 0 Å². The van der Waals surface area contributed by atoms with Crippen LogP contribution in [0.4, 0.5) is 17.2 Å². The lowest BCUT2D eigenvalue weighted by molar-refractivity contribution is -0.384. The largest absolute Gasteiger partial charge is 0.333 e. The van der Waals surface area contributed by atoms with Crippen molar-refractivity contribution in [3.05, 3.63) is 56.2 Å². The third-order valence-corrected chi connectivity index (χ3v) is 2.84. The van der Waals surface area contributed by atoms with Gasteiger partial charge in [0.15, 0.2) is 0 Å². The number of hydrogen-bond acceptors (Lipinski definition) is 5. The zero-order valence-corrected chi connectivity index (χ0v) is 11.3.